The molecule has 0 aliphatic rings. The first kappa shape index (κ1) is 15.4. The van der Waals surface area contributed by atoms with E-state index < -0.39 is 4.92 Å². The van der Waals surface area contributed by atoms with E-state index in [9.17, 15) is 15.4 Å². The predicted molar refractivity (Wildman–Crippen MR) is 84.0 cm³/mol. The number of nitro groups is 1. The van der Waals surface area contributed by atoms with Crippen molar-refractivity contribution in [1.82, 2.24) is 4.98 Å². The standard InChI is InChI=1S/C16H16N4O2/c1-10(2)7-12-8-14(15(9-17)16(18)19-12)11-3-5-13(6-4-11)20(21)22/h3-6,8,10H,7H2,1-2H3,(H2,18,19). The third-order valence-electron chi connectivity index (χ3n) is 3.22. The maximum absolute atomic E-state index is 10.7. The Morgan fingerprint density at radius 2 is 2.00 bits per heavy atom. The normalized spacial score (nSPS) is 10.5. The Labute approximate surface area is 128 Å². The number of nitrogens with two attached hydrogens (primary N) is 1. The molecule has 112 valence electrons. The van der Waals surface area contributed by atoms with Gasteiger partial charge in [0.25, 0.3) is 5.69 Å². The molecule has 0 unspecified atom stereocenters. The van der Waals surface area contributed by atoms with Crippen molar-refractivity contribution in [2.45, 2.75) is 20.3 Å². The van der Waals surface area contributed by atoms with Crippen LogP contribution in [0.25, 0.3) is 11.1 Å². The highest BCUT2D eigenvalue weighted by molar-refractivity contribution is 5.76. The van der Waals surface area contributed by atoms with Crippen LogP contribution < -0.4 is 5.73 Å². The minimum atomic E-state index is -0.458. The summed E-state index contributed by atoms with van der Waals surface area (Å²) in [5.74, 6) is 0.596. The Bertz CT molecular complexity index is 746. The minimum Gasteiger partial charge on any atom is -0.383 e. The van der Waals surface area contributed by atoms with Crippen LogP contribution >= 0.6 is 0 Å². The number of nitriles is 1. The number of non-ortho nitro benzene ring substituents is 1. The van der Waals surface area contributed by atoms with Crippen molar-refractivity contribution >= 4 is 11.5 Å². The van der Waals surface area contributed by atoms with E-state index in [-0.39, 0.29) is 11.5 Å². The Kier molecular flexibility index (Phi) is 4.37. The molecule has 0 aliphatic carbocycles. The third-order valence-corrected chi connectivity index (χ3v) is 3.22. The lowest BCUT2D eigenvalue weighted by Crippen LogP contribution is -2.04. The smallest absolute Gasteiger partial charge is 0.269 e. The average molecular weight is 296 g/mol. The zero-order valence-electron chi connectivity index (χ0n) is 12.4. The van der Waals surface area contributed by atoms with Crippen LogP contribution in [0.15, 0.2) is 30.3 Å². The van der Waals surface area contributed by atoms with Crippen LogP contribution in [-0.4, -0.2) is 9.91 Å². The highest BCUT2D eigenvalue weighted by Gasteiger charge is 2.14. The summed E-state index contributed by atoms with van der Waals surface area (Å²) in [6.07, 6.45) is 0.746. The van der Waals surface area contributed by atoms with Gasteiger partial charge in [0, 0.05) is 23.4 Å². The maximum atomic E-state index is 10.7. The van der Waals surface area contributed by atoms with E-state index in [1.165, 1.54) is 12.1 Å². The van der Waals surface area contributed by atoms with Crippen molar-refractivity contribution in [2.75, 3.05) is 5.73 Å². The Morgan fingerprint density at radius 3 is 2.50 bits per heavy atom. The average Bonchev–Trinajstić information content (AvgIpc) is 2.46. The summed E-state index contributed by atoms with van der Waals surface area (Å²) in [6.45, 7) is 4.14. The number of anilines is 1. The van der Waals surface area contributed by atoms with Crippen LogP contribution in [0, 0.1) is 27.4 Å². The molecule has 0 bridgehead atoms. The molecule has 6 nitrogen and oxygen atoms in total. The lowest BCUT2D eigenvalue weighted by atomic mass is 9.98. The Balaban J connectivity index is 2.54. The largest absolute Gasteiger partial charge is 0.383 e. The molecule has 0 saturated carbocycles. The SMILES string of the molecule is CC(C)Cc1cc(-c2ccc([N+](=O)[O-])cc2)c(C#N)c(N)n1. The summed E-state index contributed by atoms with van der Waals surface area (Å²) in [7, 11) is 0. The van der Waals surface area contributed by atoms with E-state index in [4.69, 9.17) is 5.73 Å². The molecule has 2 aromatic rings. The van der Waals surface area contributed by atoms with Gasteiger partial charge >= 0.3 is 0 Å². The van der Waals surface area contributed by atoms with Crippen molar-refractivity contribution in [3.63, 3.8) is 0 Å². The van der Waals surface area contributed by atoms with Gasteiger partial charge in [-0.1, -0.05) is 13.8 Å². The molecule has 0 aliphatic heterocycles. The molecule has 22 heavy (non-hydrogen) atoms. The maximum Gasteiger partial charge on any atom is 0.269 e. The molecule has 0 radical (unpaired) electrons. The summed E-state index contributed by atoms with van der Waals surface area (Å²) in [4.78, 5) is 14.5. The molecule has 0 spiro atoms. The van der Waals surface area contributed by atoms with E-state index in [0.717, 1.165) is 12.1 Å². The fraction of sp³-hybridized carbons (Fsp3) is 0.250. The zero-order chi connectivity index (χ0) is 16.3. The van der Waals surface area contributed by atoms with Crippen LogP contribution in [0.5, 0.6) is 0 Å². The Hall–Kier alpha value is -2.94. The van der Waals surface area contributed by atoms with Crippen molar-refractivity contribution in [3.8, 4) is 17.2 Å². The first-order valence-electron chi connectivity index (χ1n) is 6.86. The van der Waals surface area contributed by atoms with Crippen LogP contribution in [0.3, 0.4) is 0 Å². The van der Waals surface area contributed by atoms with Gasteiger partial charge in [0.2, 0.25) is 0 Å². The first-order chi connectivity index (χ1) is 10.4. The number of hydrogen-bond acceptors (Lipinski definition) is 5. The fourth-order valence-electron chi connectivity index (χ4n) is 2.25. The van der Waals surface area contributed by atoms with Crippen molar-refractivity contribution in [1.29, 1.82) is 5.26 Å². The zero-order valence-corrected chi connectivity index (χ0v) is 12.4. The summed E-state index contributed by atoms with van der Waals surface area (Å²) in [5.41, 5.74) is 8.35. The number of hydrogen-bond donors (Lipinski definition) is 1. The van der Waals surface area contributed by atoms with Crippen molar-refractivity contribution < 1.29 is 4.92 Å². The molecular weight excluding hydrogens is 280 g/mol. The number of rotatable bonds is 4. The second kappa shape index (κ2) is 6.22. The summed E-state index contributed by atoms with van der Waals surface area (Å²) < 4.78 is 0. The van der Waals surface area contributed by atoms with Gasteiger partial charge < -0.3 is 5.73 Å². The number of benzene rings is 1. The molecule has 0 atom stereocenters. The topological polar surface area (TPSA) is 106 Å². The van der Waals surface area contributed by atoms with Crippen LogP contribution in [-0.2, 0) is 6.42 Å². The Morgan fingerprint density at radius 1 is 1.36 bits per heavy atom. The number of aromatic nitrogens is 1. The van der Waals surface area contributed by atoms with Gasteiger partial charge in [-0.05, 0) is 36.1 Å². The summed E-state index contributed by atoms with van der Waals surface area (Å²) in [5, 5.41) is 20.0. The molecule has 0 saturated heterocycles. The number of nitro benzene ring substituents is 1. The van der Waals surface area contributed by atoms with Crippen LogP contribution in [0.1, 0.15) is 25.1 Å². The molecule has 6 heteroatoms. The summed E-state index contributed by atoms with van der Waals surface area (Å²) >= 11 is 0. The lowest BCUT2D eigenvalue weighted by molar-refractivity contribution is -0.384. The van der Waals surface area contributed by atoms with E-state index >= 15 is 0 Å². The quantitative estimate of drug-likeness (QED) is 0.688. The molecule has 2 N–H and O–H groups in total. The van der Waals surface area contributed by atoms with Crippen LogP contribution in [0.2, 0.25) is 0 Å². The second-order valence-corrected chi connectivity index (χ2v) is 5.44. The van der Waals surface area contributed by atoms with Gasteiger partial charge in [-0.2, -0.15) is 5.26 Å². The highest BCUT2D eigenvalue weighted by Crippen LogP contribution is 2.29. The minimum absolute atomic E-state index is 0.00619. The molecule has 0 amide bonds. The lowest BCUT2D eigenvalue weighted by Gasteiger charge is -2.11. The molecule has 0 fully saturated rings. The highest BCUT2D eigenvalue weighted by atomic mass is 16.6. The first-order valence-corrected chi connectivity index (χ1v) is 6.86. The predicted octanol–water partition coefficient (Wildman–Crippen LogP) is 3.31. The number of pyridine rings is 1. The summed E-state index contributed by atoms with van der Waals surface area (Å²) in [6, 6.07) is 9.95. The van der Waals surface area contributed by atoms with Gasteiger partial charge in [0.1, 0.15) is 17.5 Å². The second-order valence-electron chi connectivity index (χ2n) is 5.44. The van der Waals surface area contributed by atoms with E-state index in [1.54, 1.807) is 12.1 Å². The number of nitrogen functional groups attached to an aromatic ring is 1. The third kappa shape index (κ3) is 3.20. The monoisotopic (exact) mass is 296 g/mol. The molecule has 1 heterocycles. The van der Waals surface area contributed by atoms with E-state index in [2.05, 4.69) is 24.9 Å². The van der Waals surface area contributed by atoms with Gasteiger partial charge in [0.15, 0.2) is 0 Å². The van der Waals surface area contributed by atoms with E-state index in [0.29, 0.717) is 22.6 Å². The fourth-order valence-corrected chi connectivity index (χ4v) is 2.25. The van der Waals surface area contributed by atoms with Gasteiger partial charge in [-0.15, -0.1) is 0 Å². The van der Waals surface area contributed by atoms with E-state index in [1.807, 2.05) is 6.07 Å². The van der Waals surface area contributed by atoms with Gasteiger partial charge in [-0.3, -0.25) is 10.1 Å². The molecule has 1 aromatic heterocycles. The number of nitrogens with zero attached hydrogens (tertiary/aromatic N) is 3. The van der Waals surface area contributed by atoms with Gasteiger partial charge in [0.05, 0.1) is 4.92 Å². The van der Waals surface area contributed by atoms with Crippen molar-refractivity contribution in [3.05, 3.63) is 51.7 Å². The molecular formula is C16H16N4O2. The van der Waals surface area contributed by atoms with Gasteiger partial charge in [-0.25, -0.2) is 4.98 Å². The molecule has 1 aromatic carbocycles. The molecule has 2 rings (SSSR count). The van der Waals surface area contributed by atoms with Crippen LogP contribution in [0.4, 0.5) is 11.5 Å². The van der Waals surface area contributed by atoms with Crippen molar-refractivity contribution in [2.24, 2.45) is 5.92 Å².